The van der Waals surface area contributed by atoms with Gasteiger partial charge >= 0.3 is 0 Å². The molecule has 2 atom stereocenters. The summed E-state index contributed by atoms with van der Waals surface area (Å²) in [4.78, 5) is 52.3. The van der Waals surface area contributed by atoms with Crippen LogP contribution in [-0.4, -0.2) is 151 Å². The van der Waals surface area contributed by atoms with Crippen molar-refractivity contribution in [1.82, 2.24) is 58.5 Å². The summed E-state index contributed by atoms with van der Waals surface area (Å²) in [5.41, 5.74) is 3.17. The summed E-state index contributed by atoms with van der Waals surface area (Å²) >= 11 is 0. The second kappa shape index (κ2) is 19.5. The number of rotatable bonds is 8. The Labute approximate surface area is 418 Å². The van der Waals surface area contributed by atoms with E-state index >= 15 is 0 Å². The number of sulfonamides is 2. The first kappa shape index (κ1) is 50.4. The monoisotopic (exact) mass is 1020 g/mol. The minimum Gasteiger partial charge on any atom is -0.368 e. The Morgan fingerprint density at radius 3 is 1.44 bits per heavy atom. The van der Waals surface area contributed by atoms with Gasteiger partial charge in [0.15, 0.2) is 23.3 Å². The lowest BCUT2D eigenvalue weighted by atomic mass is 9.99. The molecule has 4 aliphatic rings. The van der Waals surface area contributed by atoms with Gasteiger partial charge in [0.25, 0.3) is 0 Å². The summed E-state index contributed by atoms with van der Waals surface area (Å²) in [6.45, 7) is 15.2. The number of pyridine rings is 2. The molecule has 0 bridgehead atoms. The molecule has 20 nitrogen and oxygen atoms in total. The topological polar surface area (TPSA) is 217 Å². The molecule has 2 fully saturated rings. The zero-order chi connectivity index (χ0) is 51.3. The van der Waals surface area contributed by atoms with Crippen molar-refractivity contribution in [2.75, 3.05) is 84.5 Å². The number of piperazine rings is 2. The number of fused-ring (bicyclic) bond motifs is 2. The molecule has 0 amide bonds. The first-order valence-corrected chi connectivity index (χ1v) is 27.4. The Hall–Kier alpha value is -6.50. The predicted octanol–water partition coefficient (Wildman–Crippen LogP) is 4.90. The molecular formula is C48H58F2N16O4S2. The van der Waals surface area contributed by atoms with E-state index in [2.05, 4.69) is 44.7 Å². The molecule has 0 saturated carbocycles. The molecule has 10 rings (SSSR count). The highest BCUT2D eigenvalue weighted by Crippen LogP contribution is 2.37. The van der Waals surface area contributed by atoms with E-state index < -0.39 is 37.1 Å². The quantitative estimate of drug-likeness (QED) is 0.185. The van der Waals surface area contributed by atoms with Crippen LogP contribution in [-0.2, 0) is 32.9 Å². The van der Waals surface area contributed by atoms with Gasteiger partial charge in [-0.25, -0.2) is 71.1 Å². The van der Waals surface area contributed by atoms with Crippen molar-refractivity contribution in [3.63, 3.8) is 0 Å². The largest absolute Gasteiger partial charge is 0.368 e. The molecule has 0 aromatic carbocycles. The van der Waals surface area contributed by atoms with Gasteiger partial charge in [-0.1, -0.05) is 0 Å². The molecule has 0 N–H and O–H groups in total. The maximum atomic E-state index is 14.8. The standard InChI is InChI=1S/2C24H29FN8O2S/c1-16-18-14-28-23(22-26-7-5-8-27-22)29-19(18)6-9-32(16)21-13-17(12-20(25)30-21)31-10-11-33(36(4,34)35)24(2,3)15-31;1-16-18-14-28-23(22-26-7-5-8-27-22)29-19(18)6-9-32(16)21-13-17(25)12-20(30-21)31-10-11-33(36(4,34)35)24(2,3)15-31/h2*5,7-8,12-14,16H,6,9-11,15H2,1-4H3. The van der Waals surface area contributed by atoms with E-state index in [1.165, 1.54) is 39.3 Å². The lowest BCUT2D eigenvalue weighted by Crippen LogP contribution is -2.61. The van der Waals surface area contributed by atoms with Crippen LogP contribution in [0.15, 0.2) is 73.6 Å². The zero-order valence-electron chi connectivity index (χ0n) is 41.5. The Bertz CT molecular complexity index is 2980. The number of anilines is 4. The molecule has 2 saturated heterocycles. The van der Waals surface area contributed by atoms with Crippen LogP contribution in [0.5, 0.6) is 0 Å². The van der Waals surface area contributed by atoms with Crippen LogP contribution in [0.3, 0.4) is 0 Å². The molecule has 6 aromatic heterocycles. The minimum absolute atomic E-state index is 0.111. The maximum Gasteiger partial charge on any atom is 0.216 e. The summed E-state index contributed by atoms with van der Waals surface area (Å²) in [6, 6.07) is 9.41. The number of hydrogen-bond donors (Lipinski definition) is 0. The summed E-state index contributed by atoms with van der Waals surface area (Å²) in [5, 5.41) is 0. The third-order valence-corrected chi connectivity index (χ3v) is 16.6. The van der Waals surface area contributed by atoms with Crippen molar-refractivity contribution < 1.29 is 25.6 Å². The van der Waals surface area contributed by atoms with E-state index in [4.69, 9.17) is 15.0 Å². The van der Waals surface area contributed by atoms with Gasteiger partial charge in [-0.2, -0.15) is 13.0 Å². The number of nitrogens with zero attached hydrogens (tertiary/aromatic N) is 16. The van der Waals surface area contributed by atoms with Crippen LogP contribution < -0.4 is 19.6 Å². The summed E-state index contributed by atoms with van der Waals surface area (Å²) in [7, 11) is -6.68. The molecule has 24 heteroatoms. The lowest BCUT2D eigenvalue weighted by Gasteiger charge is -2.46. The smallest absolute Gasteiger partial charge is 0.216 e. The van der Waals surface area contributed by atoms with Gasteiger partial charge in [-0.3, -0.25) is 0 Å². The Morgan fingerprint density at radius 2 is 0.972 bits per heavy atom. The third-order valence-electron chi connectivity index (χ3n) is 13.6. The van der Waals surface area contributed by atoms with E-state index in [0.29, 0.717) is 112 Å². The van der Waals surface area contributed by atoms with Gasteiger partial charge in [0, 0.05) is 155 Å². The molecular weight excluding hydrogens is 967 g/mol. The zero-order valence-corrected chi connectivity index (χ0v) is 43.1. The lowest BCUT2D eigenvalue weighted by molar-refractivity contribution is 0.205. The third kappa shape index (κ3) is 10.5. The van der Waals surface area contributed by atoms with Crippen LogP contribution >= 0.6 is 0 Å². The normalized spacial score (nSPS) is 20.3. The fourth-order valence-corrected chi connectivity index (χ4v) is 13.0. The van der Waals surface area contributed by atoms with Crippen LogP contribution in [0.25, 0.3) is 23.3 Å². The fraction of sp³-hybridized carbons (Fsp3) is 0.458. The molecule has 2 unspecified atom stereocenters. The van der Waals surface area contributed by atoms with E-state index in [-0.39, 0.29) is 17.9 Å². The van der Waals surface area contributed by atoms with Crippen molar-refractivity contribution in [1.29, 1.82) is 0 Å². The van der Waals surface area contributed by atoms with Crippen LogP contribution in [0.4, 0.5) is 31.9 Å². The predicted molar refractivity (Wildman–Crippen MR) is 269 cm³/mol. The summed E-state index contributed by atoms with van der Waals surface area (Å²) < 4.78 is 81.4. The minimum atomic E-state index is -3.34. The molecule has 0 aliphatic carbocycles. The molecule has 380 valence electrons. The first-order chi connectivity index (χ1) is 34.1. The second-order valence-corrected chi connectivity index (χ2v) is 23.5. The Kier molecular flexibility index (Phi) is 13.7. The van der Waals surface area contributed by atoms with Gasteiger partial charge in [0.05, 0.1) is 36.0 Å². The van der Waals surface area contributed by atoms with Gasteiger partial charge in [-0.15, -0.1) is 0 Å². The van der Waals surface area contributed by atoms with Crippen molar-refractivity contribution in [3.05, 3.63) is 108 Å². The van der Waals surface area contributed by atoms with E-state index in [1.807, 2.05) is 57.4 Å². The van der Waals surface area contributed by atoms with Crippen LogP contribution in [0, 0.1) is 11.8 Å². The van der Waals surface area contributed by atoms with Crippen molar-refractivity contribution >= 4 is 43.2 Å². The van der Waals surface area contributed by atoms with Gasteiger partial charge in [0.2, 0.25) is 26.0 Å². The van der Waals surface area contributed by atoms with Crippen LogP contribution in [0.1, 0.15) is 76.1 Å². The van der Waals surface area contributed by atoms with Crippen molar-refractivity contribution in [2.45, 2.75) is 77.5 Å². The highest BCUT2D eigenvalue weighted by atomic mass is 32.2. The molecule has 6 aromatic rings. The summed E-state index contributed by atoms with van der Waals surface area (Å²) in [6.07, 6.45) is 14.0. The average molecular weight is 1030 g/mol. The SMILES string of the molecule is CC1c2cnc(-c3ncccn3)nc2CCN1c1cc(F)cc(N2CCN(S(C)(=O)=O)C(C)(C)C2)n1.CC1c2cnc(-c3ncccn3)nc2CCN1c1cc(N2CCN(S(C)(=O)=O)C(C)(C)C2)cc(F)n1. The summed E-state index contributed by atoms with van der Waals surface area (Å²) in [5.74, 6) is 2.52. The first-order valence-electron chi connectivity index (χ1n) is 23.7. The molecule has 72 heavy (non-hydrogen) atoms. The average Bonchev–Trinajstić information content (AvgIpc) is 3.33. The van der Waals surface area contributed by atoms with Crippen LogP contribution in [0.2, 0.25) is 0 Å². The Morgan fingerprint density at radius 1 is 0.528 bits per heavy atom. The van der Waals surface area contributed by atoms with Gasteiger partial charge < -0.3 is 19.6 Å². The number of aromatic nitrogens is 10. The highest BCUT2D eigenvalue weighted by Gasteiger charge is 2.41. The molecule has 10 heterocycles. The maximum absolute atomic E-state index is 14.8. The number of hydrogen-bond acceptors (Lipinski definition) is 18. The van der Waals surface area contributed by atoms with Crippen molar-refractivity contribution in [3.8, 4) is 23.3 Å². The molecule has 4 aliphatic heterocycles. The highest BCUT2D eigenvalue weighted by molar-refractivity contribution is 7.88. The Balaban J connectivity index is 0.000000178. The van der Waals surface area contributed by atoms with E-state index in [9.17, 15) is 25.6 Å². The number of halogens is 2. The van der Waals surface area contributed by atoms with Crippen molar-refractivity contribution in [2.24, 2.45) is 0 Å². The molecule has 0 radical (unpaired) electrons. The second-order valence-electron chi connectivity index (χ2n) is 19.7. The molecule has 0 spiro atoms. The van der Waals surface area contributed by atoms with Gasteiger partial charge in [-0.05, 0) is 53.7 Å². The van der Waals surface area contributed by atoms with E-state index in [1.54, 1.807) is 49.3 Å². The fourth-order valence-electron chi connectivity index (χ4n) is 10.3. The van der Waals surface area contributed by atoms with E-state index in [0.717, 1.165) is 22.5 Å². The van der Waals surface area contributed by atoms with Gasteiger partial charge in [0.1, 0.15) is 23.3 Å².